The first-order valence-electron chi connectivity index (χ1n) is 6.99. The second-order valence-corrected chi connectivity index (χ2v) is 5.26. The normalized spacial score (nSPS) is 20.7. The van der Waals surface area contributed by atoms with Gasteiger partial charge in [-0.25, -0.2) is 4.79 Å². The maximum atomic E-state index is 12.5. The molecule has 114 valence electrons. The van der Waals surface area contributed by atoms with Gasteiger partial charge < -0.3 is 4.52 Å². The van der Waals surface area contributed by atoms with Gasteiger partial charge in [0.2, 0.25) is 11.8 Å². The summed E-state index contributed by atoms with van der Waals surface area (Å²) in [7, 11) is 0. The van der Waals surface area contributed by atoms with E-state index >= 15 is 0 Å². The topological polar surface area (TPSA) is 92.5 Å². The van der Waals surface area contributed by atoms with Crippen molar-refractivity contribution in [1.29, 1.82) is 0 Å². The molecule has 7 heteroatoms. The van der Waals surface area contributed by atoms with Gasteiger partial charge in [-0.2, -0.15) is 0 Å². The zero-order valence-corrected chi connectivity index (χ0v) is 12.6. The van der Waals surface area contributed by atoms with Crippen LogP contribution in [0.4, 0.5) is 4.79 Å². The number of carbonyl (C=O) groups is 3. The summed E-state index contributed by atoms with van der Waals surface area (Å²) < 4.78 is 5.09. The predicted molar refractivity (Wildman–Crippen MR) is 73.2 cm³/mol. The molecular formula is C14H19N3O4. The summed E-state index contributed by atoms with van der Waals surface area (Å²) in [6.07, 6.45) is 1.11. The number of hydrogen-bond donors (Lipinski definition) is 1. The molecule has 2 heterocycles. The van der Waals surface area contributed by atoms with Gasteiger partial charge in [0, 0.05) is 5.56 Å². The number of barbiturate groups is 1. The van der Waals surface area contributed by atoms with Gasteiger partial charge in [0.05, 0.1) is 11.7 Å². The van der Waals surface area contributed by atoms with Crippen molar-refractivity contribution in [3.05, 3.63) is 17.0 Å². The van der Waals surface area contributed by atoms with E-state index in [1.54, 1.807) is 20.8 Å². The van der Waals surface area contributed by atoms with Crippen LogP contribution in [-0.4, -0.2) is 27.9 Å². The average Bonchev–Trinajstić information content (AvgIpc) is 2.73. The summed E-state index contributed by atoms with van der Waals surface area (Å²) in [6, 6.07) is -1.22. The van der Waals surface area contributed by atoms with Gasteiger partial charge in [-0.1, -0.05) is 18.5 Å². The first-order chi connectivity index (χ1) is 9.88. The number of imide groups is 2. The van der Waals surface area contributed by atoms with Gasteiger partial charge >= 0.3 is 6.03 Å². The van der Waals surface area contributed by atoms with Crippen LogP contribution in [0.1, 0.15) is 49.7 Å². The lowest BCUT2D eigenvalue weighted by Gasteiger charge is -2.34. The molecule has 0 saturated carbocycles. The number of carbonyl (C=O) groups excluding carboxylic acids is 3. The summed E-state index contributed by atoms with van der Waals surface area (Å²) in [6.45, 7) is 7.10. The molecule has 21 heavy (non-hydrogen) atoms. The zero-order valence-electron chi connectivity index (χ0n) is 12.6. The van der Waals surface area contributed by atoms with Crippen LogP contribution < -0.4 is 5.32 Å². The third kappa shape index (κ3) is 2.55. The fourth-order valence-electron chi connectivity index (χ4n) is 2.76. The Morgan fingerprint density at radius 1 is 1.33 bits per heavy atom. The lowest BCUT2D eigenvalue weighted by molar-refractivity contribution is -0.144. The fourth-order valence-corrected chi connectivity index (χ4v) is 2.76. The second kappa shape index (κ2) is 5.67. The number of nitrogens with one attached hydrogen (secondary N) is 1. The van der Waals surface area contributed by atoms with E-state index in [1.807, 2.05) is 6.92 Å². The number of aromatic nitrogens is 1. The second-order valence-electron chi connectivity index (χ2n) is 5.26. The van der Waals surface area contributed by atoms with Gasteiger partial charge in [-0.15, -0.1) is 0 Å². The Labute approximate surface area is 122 Å². The number of hydrogen-bond acceptors (Lipinski definition) is 5. The van der Waals surface area contributed by atoms with Gasteiger partial charge in [-0.05, 0) is 27.2 Å². The number of rotatable bonds is 4. The largest absolute Gasteiger partial charge is 0.361 e. The molecule has 0 aromatic carbocycles. The van der Waals surface area contributed by atoms with Gasteiger partial charge in [0.15, 0.2) is 0 Å². The van der Waals surface area contributed by atoms with Crippen molar-refractivity contribution in [3.63, 3.8) is 0 Å². The first kappa shape index (κ1) is 15.2. The molecule has 2 unspecified atom stereocenters. The number of aryl methyl sites for hydroxylation is 2. The Morgan fingerprint density at radius 2 is 2.00 bits per heavy atom. The highest BCUT2D eigenvalue weighted by atomic mass is 16.5. The van der Waals surface area contributed by atoms with E-state index in [-0.39, 0.29) is 0 Å². The van der Waals surface area contributed by atoms with Crippen LogP contribution in [0.3, 0.4) is 0 Å². The molecule has 7 nitrogen and oxygen atoms in total. The quantitative estimate of drug-likeness (QED) is 0.855. The SMILES string of the molecule is CCCC1C(=O)NC(=O)N(C(C)c2c(C)noc2C)C1=O. The number of amides is 4. The Hall–Kier alpha value is -2.18. The molecule has 2 rings (SSSR count). The summed E-state index contributed by atoms with van der Waals surface area (Å²) in [4.78, 5) is 37.4. The molecule has 2 atom stereocenters. The van der Waals surface area contributed by atoms with Crippen LogP contribution in [0.5, 0.6) is 0 Å². The Balaban J connectivity index is 2.35. The van der Waals surface area contributed by atoms with Crippen molar-refractivity contribution in [3.8, 4) is 0 Å². The maximum Gasteiger partial charge on any atom is 0.331 e. The Kier molecular flexibility index (Phi) is 4.11. The summed E-state index contributed by atoms with van der Waals surface area (Å²) in [5.74, 6) is -1.23. The van der Waals surface area contributed by atoms with Crippen LogP contribution in [0.25, 0.3) is 0 Å². The minimum Gasteiger partial charge on any atom is -0.361 e. The third-order valence-corrected chi connectivity index (χ3v) is 3.77. The molecule has 1 aliphatic rings. The minimum absolute atomic E-state index is 0.419. The fraction of sp³-hybridized carbons (Fsp3) is 0.571. The summed E-state index contributed by atoms with van der Waals surface area (Å²) in [5.41, 5.74) is 1.33. The van der Waals surface area contributed by atoms with E-state index in [0.29, 0.717) is 29.9 Å². The molecular weight excluding hydrogens is 274 g/mol. The summed E-state index contributed by atoms with van der Waals surface area (Å²) in [5, 5.41) is 6.09. The lowest BCUT2D eigenvalue weighted by Crippen LogP contribution is -2.58. The number of urea groups is 1. The van der Waals surface area contributed by atoms with Crippen LogP contribution >= 0.6 is 0 Å². The van der Waals surface area contributed by atoms with Gasteiger partial charge in [-0.3, -0.25) is 19.8 Å². The van der Waals surface area contributed by atoms with Crippen molar-refractivity contribution < 1.29 is 18.9 Å². The van der Waals surface area contributed by atoms with Crippen LogP contribution in [0.15, 0.2) is 4.52 Å². The zero-order chi connectivity index (χ0) is 15.7. The highest BCUT2D eigenvalue weighted by molar-refractivity contribution is 6.16. The predicted octanol–water partition coefficient (Wildman–Crippen LogP) is 1.85. The number of nitrogens with zero attached hydrogens (tertiary/aromatic N) is 2. The van der Waals surface area contributed by atoms with E-state index in [0.717, 1.165) is 4.90 Å². The van der Waals surface area contributed by atoms with E-state index < -0.39 is 29.8 Å². The van der Waals surface area contributed by atoms with Crippen molar-refractivity contribution in [1.82, 2.24) is 15.4 Å². The maximum absolute atomic E-state index is 12.5. The molecule has 0 aliphatic carbocycles. The highest BCUT2D eigenvalue weighted by Crippen LogP contribution is 2.30. The molecule has 1 aliphatic heterocycles. The van der Waals surface area contributed by atoms with E-state index in [4.69, 9.17) is 4.52 Å². The van der Waals surface area contributed by atoms with Crippen LogP contribution in [0, 0.1) is 19.8 Å². The van der Waals surface area contributed by atoms with Crippen LogP contribution in [0.2, 0.25) is 0 Å². The van der Waals surface area contributed by atoms with Crippen molar-refractivity contribution in [2.75, 3.05) is 0 Å². The van der Waals surface area contributed by atoms with Gasteiger partial charge in [0.25, 0.3) is 0 Å². The Bertz CT molecular complexity index is 574. The average molecular weight is 293 g/mol. The van der Waals surface area contributed by atoms with Crippen molar-refractivity contribution in [2.45, 2.75) is 46.6 Å². The standard InChI is InChI=1S/C14H19N3O4/c1-5-6-10-12(18)15-14(20)17(13(10)19)8(3)11-7(2)16-21-9(11)4/h8,10H,5-6H2,1-4H3,(H,15,18,20). The monoisotopic (exact) mass is 293 g/mol. The molecule has 4 amide bonds. The molecule has 1 aromatic heterocycles. The molecule has 1 fully saturated rings. The molecule has 1 aromatic rings. The lowest BCUT2D eigenvalue weighted by atomic mass is 9.96. The smallest absolute Gasteiger partial charge is 0.331 e. The van der Waals surface area contributed by atoms with Crippen molar-refractivity contribution in [2.24, 2.45) is 5.92 Å². The molecule has 0 spiro atoms. The van der Waals surface area contributed by atoms with Gasteiger partial charge in [0.1, 0.15) is 11.7 Å². The first-order valence-corrected chi connectivity index (χ1v) is 6.99. The summed E-state index contributed by atoms with van der Waals surface area (Å²) >= 11 is 0. The third-order valence-electron chi connectivity index (χ3n) is 3.77. The molecule has 0 bridgehead atoms. The molecule has 1 N–H and O–H groups in total. The van der Waals surface area contributed by atoms with Crippen molar-refractivity contribution >= 4 is 17.8 Å². The minimum atomic E-state index is -0.810. The Morgan fingerprint density at radius 3 is 2.52 bits per heavy atom. The van der Waals surface area contributed by atoms with E-state index in [2.05, 4.69) is 10.5 Å². The molecule has 1 saturated heterocycles. The van der Waals surface area contributed by atoms with E-state index in [9.17, 15) is 14.4 Å². The van der Waals surface area contributed by atoms with Crippen LogP contribution in [-0.2, 0) is 9.59 Å². The highest BCUT2D eigenvalue weighted by Gasteiger charge is 2.43. The molecule has 0 radical (unpaired) electrons. The van der Waals surface area contributed by atoms with E-state index in [1.165, 1.54) is 0 Å².